The highest BCUT2D eigenvalue weighted by atomic mass is 19.4. The van der Waals surface area contributed by atoms with Crippen molar-refractivity contribution < 1.29 is 13.2 Å². The molecule has 0 spiro atoms. The molecule has 0 aliphatic carbocycles. The van der Waals surface area contributed by atoms with Crippen molar-refractivity contribution in [3.8, 4) is 6.07 Å². The molecule has 0 aromatic carbocycles. The van der Waals surface area contributed by atoms with Gasteiger partial charge in [0.05, 0.1) is 12.6 Å². The minimum absolute atomic E-state index is 0.484. The Morgan fingerprint density at radius 3 is 2.72 bits per heavy atom. The van der Waals surface area contributed by atoms with Gasteiger partial charge in [0.15, 0.2) is 5.92 Å². The van der Waals surface area contributed by atoms with Crippen molar-refractivity contribution in [2.24, 2.45) is 5.92 Å². The van der Waals surface area contributed by atoms with Crippen LogP contribution in [0.2, 0.25) is 0 Å². The molecule has 0 saturated carbocycles. The minimum atomic E-state index is -4.64. The van der Waals surface area contributed by atoms with Gasteiger partial charge in [-0.05, 0) is 12.8 Å². The highest BCUT2D eigenvalue weighted by Crippen LogP contribution is 2.26. The van der Waals surface area contributed by atoms with Gasteiger partial charge >= 0.3 is 11.9 Å². The van der Waals surface area contributed by atoms with Crippen molar-refractivity contribution in [2.75, 3.05) is 0 Å². The third-order valence-corrected chi connectivity index (χ3v) is 2.94. The molecule has 0 radical (unpaired) electrons. The molecule has 1 aliphatic rings. The molecule has 0 bridgehead atoms. The lowest BCUT2D eigenvalue weighted by Crippen LogP contribution is -2.33. The van der Waals surface area contributed by atoms with Crippen LogP contribution in [-0.4, -0.2) is 20.5 Å². The summed E-state index contributed by atoms with van der Waals surface area (Å²) in [7, 11) is 0. The smallest absolute Gasteiger partial charge is 0.279 e. The average Bonchev–Trinajstić information content (AvgIpc) is 2.62. The zero-order valence-corrected chi connectivity index (χ0v) is 9.44. The molecule has 2 rings (SSSR count). The van der Waals surface area contributed by atoms with Crippen LogP contribution in [0, 0.1) is 17.2 Å². The zero-order chi connectivity index (χ0) is 13.3. The van der Waals surface area contributed by atoms with Crippen molar-refractivity contribution in [1.82, 2.24) is 14.3 Å². The summed E-state index contributed by atoms with van der Waals surface area (Å²) in [5, 5.41) is 12.4. The van der Waals surface area contributed by atoms with Gasteiger partial charge in [0, 0.05) is 13.0 Å². The number of hydrogen-bond acceptors (Lipinski definition) is 3. The number of fused-ring (bicyclic) bond motifs is 1. The molecule has 98 valence electrons. The number of hydrogen-bond donors (Lipinski definition) is 0. The topological polar surface area (TPSA) is 63.6 Å². The molecule has 18 heavy (non-hydrogen) atoms. The second-order valence-corrected chi connectivity index (χ2v) is 4.21. The van der Waals surface area contributed by atoms with E-state index in [2.05, 4.69) is 5.10 Å². The molecule has 1 aromatic heterocycles. The summed E-state index contributed by atoms with van der Waals surface area (Å²) in [6.07, 6.45) is -2.36. The van der Waals surface area contributed by atoms with Crippen LogP contribution in [0.15, 0.2) is 4.79 Å². The van der Waals surface area contributed by atoms with Crippen molar-refractivity contribution in [2.45, 2.75) is 38.5 Å². The van der Waals surface area contributed by atoms with E-state index in [0.29, 0.717) is 18.8 Å². The first kappa shape index (κ1) is 12.7. The van der Waals surface area contributed by atoms with Crippen LogP contribution in [-0.2, 0) is 19.5 Å². The summed E-state index contributed by atoms with van der Waals surface area (Å²) < 4.78 is 39.5. The molecule has 0 amide bonds. The largest absolute Gasteiger partial charge is 0.406 e. The Hall–Kier alpha value is -1.78. The summed E-state index contributed by atoms with van der Waals surface area (Å²) in [6.45, 7) is -0.254. The van der Waals surface area contributed by atoms with E-state index in [-0.39, 0.29) is 0 Å². The van der Waals surface area contributed by atoms with Crippen LogP contribution in [0.4, 0.5) is 13.2 Å². The Morgan fingerprint density at radius 1 is 1.44 bits per heavy atom. The number of nitriles is 1. The molecule has 0 fully saturated rings. The van der Waals surface area contributed by atoms with Gasteiger partial charge in [-0.15, -0.1) is 0 Å². The molecular formula is C10H11F3N4O. The van der Waals surface area contributed by atoms with Gasteiger partial charge in [0.2, 0.25) is 0 Å². The fourth-order valence-electron chi connectivity index (χ4n) is 1.96. The predicted octanol–water partition coefficient (Wildman–Crippen LogP) is 1.08. The van der Waals surface area contributed by atoms with E-state index in [0.717, 1.165) is 23.6 Å². The quantitative estimate of drug-likeness (QED) is 0.799. The van der Waals surface area contributed by atoms with Crippen LogP contribution < -0.4 is 5.69 Å². The second kappa shape index (κ2) is 4.48. The second-order valence-electron chi connectivity index (χ2n) is 4.21. The average molecular weight is 260 g/mol. The summed E-state index contributed by atoms with van der Waals surface area (Å²) in [4.78, 5) is 11.8. The summed E-state index contributed by atoms with van der Waals surface area (Å²) >= 11 is 0. The van der Waals surface area contributed by atoms with Crippen molar-refractivity contribution in [3.63, 3.8) is 0 Å². The lowest BCUT2D eigenvalue weighted by atomic mass is 10.1. The van der Waals surface area contributed by atoms with Gasteiger partial charge in [-0.1, -0.05) is 0 Å². The standard InChI is InChI=1S/C10H11F3N4O/c11-10(12,13)7(5-14)6-17-9(18)16-4-2-1-3-8(16)15-17/h7H,1-4,6H2. The maximum atomic E-state index is 12.4. The maximum absolute atomic E-state index is 12.4. The molecule has 1 aromatic rings. The first-order chi connectivity index (χ1) is 8.43. The van der Waals surface area contributed by atoms with E-state index in [1.54, 1.807) is 0 Å². The van der Waals surface area contributed by atoms with Crippen LogP contribution in [0.3, 0.4) is 0 Å². The van der Waals surface area contributed by atoms with E-state index < -0.39 is 24.3 Å². The van der Waals surface area contributed by atoms with Gasteiger partial charge in [-0.3, -0.25) is 4.57 Å². The summed E-state index contributed by atoms with van der Waals surface area (Å²) in [6, 6.07) is 1.16. The predicted molar refractivity (Wildman–Crippen MR) is 54.6 cm³/mol. The number of aryl methyl sites for hydroxylation is 1. The monoisotopic (exact) mass is 260 g/mol. The molecule has 8 heteroatoms. The highest BCUT2D eigenvalue weighted by Gasteiger charge is 2.41. The fourth-order valence-corrected chi connectivity index (χ4v) is 1.96. The van der Waals surface area contributed by atoms with Crippen LogP contribution in [0.25, 0.3) is 0 Å². The molecule has 1 aliphatic heterocycles. The number of halogens is 3. The molecule has 1 unspecified atom stereocenters. The number of rotatable bonds is 2. The zero-order valence-electron chi connectivity index (χ0n) is 9.44. The molecule has 0 N–H and O–H groups in total. The Morgan fingerprint density at radius 2 is 2.17 bits per heavy atom. The highest BCUT2D eigenvalue weighted by molar-refractivity contribution is 4.94. The van der Waals surface area contributed by atoms with Gasteiger partial charge < -0.3 is 0 Å². The normalized spacial score (nSPS) is 17.0. The molecule has 1 atom stereocenters. The first-order valence-corrected chi connectivity index (χ1v) is 5.56. The Kier molecular flexibility index (Phi) is 3.15. The van der Waals surface area contributed by atoms with Crippen LogP contribution >= 0.6 is 0 Å². The van der Waals surface area contributed by atoms with Crippen molar-refractivity contribution in [3.05, 3.63) is 16.3 Å². The summed E-state index contributed by atoms with van der Waals surface area (Å²) in [5.41, 5.74) is -0.561. The molecule has 5 nitrogen and oxygen atoms in total. The molecule has 0 saturated heterocycles. The van der Waals surface area contributed by atoms with E-state index >= 15 is 0 Å². The third-order valence-electron chi connectivity index (χ3n) is 2.94. The van der Waals surface area contributed by atoms with Crippen LogP contribution in [0.5, 0.6) is 0 Å². The third kappa shape index (κ3) is 2.25. The number of alkyl halides is 3. The van der Waals surface area contributed by atoms with E-state index in [9.17, 15) is 18.0 Å². The van der Waals surface area contributed by atoms with Gasteiger partial charge in [0.1, 0.15) is 5.82 Å². The van der Waals surface area contributed by atoms with Gasteiger partial charge in [0.25, 0.3) is 0 Å². The molecule has 2 heterocycles. The van der Waals surface area contributed by atoms with Crippen molar-refractivity contribution in [1.29, 1.82) is 5.26 Å². The Bertz CT molecular complexity index is 537. The minimum Gasteiger partial charge on any atom is -0.279 e. The van der Waals surface area contributed by atoms with E-state index in [4.69, 9.17) is 5.26 Å². The van der Waals surface area contributed by atoms with Gasteiger partial charge in [-0.25, -0.2) is 9.48 Å². The maximum Gasteiger partial charge on any atom is 0.406 e. The number of aromatic nitrogens is 3. The SMILES string of the molecule is N#CC(Cn1nc2n(c1=O)CCCC2)C(F)(F)F. The Balaban J connectivity index is 2.28. The van der Waals surface area contributed by atoms with Crippen LogP contribution in [0.1, 0.15) is 18.7 Å². The van der Waals surface area contributed by atoms with E-state index in [1.807, 2.05) is 0 Å². The van der Waals surface area contributed by atoms with E-state index in [1.165, 1.54) is 4.57 Å². The lowest BCUT2D eigenvalue weighted by molar-refractivity contribution is -0.162. The fraction of sp³-hybridized carbons (Fsp3) is 0.700. The first-order valence-electron chi connectivity index (χ1n) is 5.56. The lowest BCUT2D eigenvalue weighted by Gasteiger charge is -2.11. The number of nitrogens with zero attached hydrogens (tertiary/aromatic N) is 4. The van der Waals surface area contributed by atoms with Gasteiger partial charge in [-0.2, -0.15) is 23.5 Å². The summed E-state index contributed by atoms with van der Waals surface area (Å²) in [5.74, 6) is -1.70. The molecular weight excluding hydrogens is 249 g/mol. The van der Waals surface area contributed by atoms with Crippen molar-refractivity contribution >= 4 is 0 Å². The Labute approximate surface area is 100 Å².